The van der Waals surface area contributed by atoms with Crippen LogP contribution in [-0.4, -0.2) is 13.2 Å². The van der Waals surface area contributed by atoms with Gasteiger partial charge < -0.3 is 10.1 Å². The third-order valence-electron chi connectivity index (χ3n) is 3.00. The van der Waals surface area contributed by atoms with E-state index in [0.29, 0.717) is 6.04 Å². The molecule has 2 aromatic rings. The summed E-state index contributed by atoms with van der Waals surface area (Å²) in [5, 5.41) is 4.18. The van der Waals surface area contributed by atoms with E-state index in [1.807, 2.05) is 24.3 Å². The molecule has 0 saturated heterocycles. The van der Waals surface area contributed by atoms with E-state index in [1.165, 1.54) is 0 Å². The Morgan fingerprint density at radius 1 is 1.14 bits per heavy atom. The fraction of sp³-hybridized carbons (Fsp3) is 0.294. The molecule has 2 aromatic carbocycles. The second kappa shape index (κ2) is 7.74. The molecule has 0 bridgehead atoms. The maximum Gasteiger partial charge on any atom is 0.119 e. The van der Waals surface area contributed by atoms with Gasteiger partial charge in [0.2, 0.25) is 0 Å². The van der Waals surface area contributed by atoms with Crippen LogP contribution in [-0.2, 0) is 6.54 Å². The van der Waals surface area contributed by atoms with Crippen molar-refractivity contribution < 1.29 is 4.74 Å². The molecule has 0 aliphatic carbocycles. The highest BCUT2D eigenvalue weighted by Crippen LogP contribution is 2.32. The summed E-state index contributed by atoms with van der Waals surface area (Å²) in [5.74, 6) is 0.865. The van der Waals surface area contributed by atoms with Gasteiger partial charge in [-0.3, -0.25) is 0 Å². The van der Waals surface area contributed by atoms with Gasteiger partial charge in [0.05, 0.1) is 7.11 Å². The first kappa shape index (κ1) is 16.2. The molecule has 1 N–H and O–H groups in total. The molecule has 0 radical (unpaired) electrons. The van der Waals surface area contributed by atoms with E-state index in [1.54, 1.807) is 18.9 Å². The predicted molar refractivity (Wildman–Crippen MR) is 90.5 cm³/mol. The topological polar surface area (TPSA) is 21.3 Å². The summed E-state index contributed by atoms with van der Waals surface area (Å²) in [6.45, 7) is 5.04. The lowest BCUT2D eigenvalue weighted by Crippen LogP contribution is -2.21. The third-order valence-corrected chi connectivity index (χ3v) is 4.33. The molecule has 0 fully saturated rings. The lowest BCUT2D eigenvalue weighted by molar-refractivity contribution is 0.413. The summed E-state index contributed by atoms with van der Waals surface area (Å²) in [6, 6.07) is 14.7. The first-order chi connectivity index (χ1) is 10.1. The minimum atomic E-state index is 0.451. The van der Waals surface area contributed by atoms with Crippen molar-refractivity contribution in [2.45, 2.75) is 36.2 Å². The van der Waals surface area contributed by atoms with E-state index in [2.05, 4.69) is 37.4 Å². The number of benzene rings is 2. The smallest absolute Gasteiger partial charge is 0.119 e. The first-order valence-corrected chi connectivity index (χ1v) is 8.11. The van der Waals surface area contributed by atoms with Crippen LogP contribution in [0.25, 0.3) is 0 Å². The Morgan fingerprint density at radius 3 is 2.57 bits per heavy atom. The van der Waals surface area contributed by atoms with Crippen molar-refractivity contribution in [2.75, 3.05) is 7.11 Å². The molecule has 0 unspecified atom stereocenters. The lowest BCUT2D eigenvalue weighted by Gasteiger charge is -2.11. The molecular weight excluding hydrogens is 302 g/mol. The quantitative estimate of drug-likeness (QED) is 0.809. The average molecular weight is 322 g/mol. The molecule has 0 aromatic heterocycles. The van der Waals surface area contributed by atoms with Gasteiger partial charge in [0.1, 0.15) is 5.75 Å². The molecule has 0 amide bonds. The van der Waals surface area contributed by atoms with Gasteiger partial charge in [0.25, 0.3) is 0 Å². The fourth-order valence-electron chi connectivity index (χ4n) is 1.85. The van der Waals surface area contributed by atoms with Gasteiger partial charge in [-0.15, -0.1) is 0 Å². The fourth-order valence-corrected chi connectivity index (χ4v) is 3.07. The highest BCUT2D eigenvalue weighted by Gasteiger charge is 2.05. The Morgan fingerprint density at radius 2 is 1.90 bits per heavy atom. The van der Waals surface area contributed by atoms with Crippen LogP contribution in [0.2, 0.25) is 5.02 Å². The second-order valence-corrected chi connectivity index (χ2v) is 6.62. The van der Waals surface area contributed by atoms with E-state index >= 15 is 0 Å². The van der Waals surface area contributed by atoms with Gasteiger partial charge >= 0.3 is 0 Å². The third kappa shape index (κ3) is 4.95. The van der Waals surface area contributed by atoms with Crippen molar-refractivity contribution in [3.63, 3.8) is 0 Å². The van der Waals surface area contributed by atoms with Gasteiger partial charge in [-0.05, 0) is 35.9 Å². The highest BCUT2D eigenvalue weighted by molar-refractivity contribution is 7.99. The first-order valence-electron chi connectivity index (χ1n) is 6.92. The zero-order chi connectivity index (χ0) is 15.2. The summed E-state index contributed by atoms with van der Waals surface area (Å²) in [6.07, 6.45) is 0. The monoisotopic (exact) mass is 321 g/mol. The summed E-state index contributed by atoms with van der Waals surface area (Å²) < 4.78 is 5.24. The Kier molecular flexibility index (Phi) is 5.97. The molecule has 21 heavy (non-hydrogen) atoms. The molecule has 0 spiro atoms. The number of halogens is 1. The van der Waals surface area contributed by atoms with Crippen molar-refractivity contribution in [1.82, 2.24) is 5.32 Å². The van der Waals surface area contributed by atoms with Crippen molar-refractivity contribution in [3.05, 3.63) is 53.1 Å². The second-order valence-electron chi connectivity index (χ2n) is 5.07. The van der Waals surface area contributed by atoms with Crippen LogP contribution in [0.5, 0.6) is 5.75 Å². The molecular formula is C17H20ClNOS. The van der Waals surface area contributed by atoms with Crippen molar-refractivity contribution >= 4 is 23.4 Å². The molecule has 0 saturated carbocycles. The molecule has 112 valence electrons. The van der Waals surface area contributed by atoms with E-state index < -0.39 is 0 Å². The van der Waals surface area contributed by atoms with Crippen LogP contribution in [0, 0.1) is 0 Å². The minimum Gasteiger partial charge on any atom is -0.497 e. The average Bonchev–Trinajstić information content (AvgIpc) is 2.46. The number of hydrogen-bond donors (Lipinski definition) is 1. The molecule has 0 aliphatic rings. The standard InChI is InChI=1S/C17H20ClNOS/c1-12(2)19-11-13-7-8-16(10-17(13)18)21-15-6-4-5-14(9-15)20-3/h4-10,12,19H,11H2,1-3H3. The Labute approximate surface area is 135 Å². The summed E-state index contributed by atoms with van der Waals surface area (Å²) >= 11 is 8.04. The predicted octanol–water partition coefficient (Wildman–Crippen LogP) is 5.00. The maximum absolute atomic E-state index is 6.36. The summed E-state index contributed by atoms with van der Waals surface area (Å²) in [5.41, 5.74) is 1.13. The zero-order valence-corrected chi connectivity index (χ0v) is 14.1. The molecule has 0 heterocycles. The highest BCUT2D eigenvalue weighted by atomic mass is 35.5. The van der Waals surface area contributed by atoms with Gasteiger partial charge in [-0.1, -0.05) is 49.3 Å². The van der Waals surface area contributed by atoms with Crippen LogP contribution in [0.1, 0.15) is 19.4 Å². The van der Waals surface area contributed by atoms with Gasteiger partial charge in [0, 0.05) is 27.4 Å². The van der Waals surface area contributed by atoms with Crippen molar-refractivity contribution in [2.24, 2.45) is 0 Å². The van der Waals surface area contributed by atoms with E-state index in [9.17, 15) is 0 Å². The van der Waals surface area contributed by atoms with Crippen LogP contribution in [0.4, 0.5) is 0 Å². The van der Waals surface area contributed by atoms with Crippen LogP contribution in [0.15, 0.2) is 52.3 Å². The Balaban J connectivity index is 2.09. The number of nitrogens with one attached hydrogen (secondary N) is 1. The molecule has 2 rings (SSSR count). The Bertz CT molecular complexity index is 601. The number of rotatable bonds is 6. The minimum absolute atomic E-state index is 0.451. The number of hydrogen-bond acceptors (Lipinski definition) is 3. The normalized spacial score (nSPS) is 10.9. The molecule has 4 heteroatoms. The number of methoxy groups -OCH3 is 1. The van der Waals surface area contributed by atoms with E-state index in [-0.39, 0.29) is 0 Å². The molecule has 0 aliphatic heterocycles. The van der Waals surface area contributed by atoms with Crippen LogP contribution >= 0.6 is 23.4 Å². The van der Waals surface area contributed by atoms with Gasteiger partial charge in [-0.25, -0.2) is 0 Å². The zero-order valence-electron chi connectivity index (χ0n) is 12.5. The SMILES string of the molecule is COc1cccc(Sc2ccc(CNC(C)C)c(Cl)c2)c1. The van der Waals surface area contributed by atoms with E-state index in [0.717, 1.165) is 32.7 Å². The van der Waals surface area contributed by atoms with E-state index in [4.69, 9.17) is 16.3 Å². The van der Waals surface area contributed by atoms with Gasteiger partial charge in [0.15, 0.2) is 0 Å². The Hall–Kier alpha value is -1.16. The van der Waals surface area contributed by atoms with Crippen LogP contribution in [0.3, 0.4) is 0 Å². The largest absolute Gasteiger partial charge is 0.497 e. The van der Waals surface area contributed by atoms with Crippen molar-refractivity contribution in [1.29, 1.82) is 0 Å². The summed E-state index contributed by atoms with van der Waals surface area (Å²) in [4.78, 5) is 2.26. The molecule has 0 atom stereocenters. The summed E-state index contributed by atoms with van der Waals surface area (Å²) in [7, 11) is 1.68. The molecule has 2 nitrogen and oxygen atoms in total. The van der Waals surface area contributed by atoms with Crippen LogP contribution < -0.4 is 10.1 Å². The van der Waals surface area contributed by atoms with Gasteiger partial charge in [-0.2, -0.15) is 0 Å². The van der Waals surface area contributed by atoms with Crippen molar-refractivity contribution in [3.8, 4) is 5.75 Å². The lowest BCUT2D eigenvalue weighted by atomic mass is 10.2. The number of ether oxygens (including phenoxy) is 1. The maximum atomic E-state index is 6.36.